The molecule has 25 heavy (non-hydrogen) atoms. The Balaban J connectivity index is 1.55. The summed E-state index contributed by atoms with van der Waals surface area (Å²) >= 11 is 7.03. The summed E-state index contributed by atoms with van der Waals surface area (Å²) in [6.45, 7) is 0. The molecular formula is C17H9ClFN3O2S. The van der Waals surface area contributed by atoms with Gasteiger partial charge in [0.15, 0.2) is 16.6 Å². The molecule has 124 valence electrons. The number of nitrogens with one attached hydrogen (secondary N) is 1. The molecule has 2 aromatic heterocycles. The van der Waals surface area contributed by atoms with Crippen LogP contribution in [0.1, 0.15) is 10.5 Å². The van der Waals surface area contributed by atoms with Crippen LogP contribution in [0, 0.1) is 5.82 Å². The molecular weight excluding hydrogens is 365 g/mol. The zero-order valence-electron chi connectivity index (χ0n) is 12.5. The highest BCUT2D eigenvalue weighted by Crippen LogP contribution is 2.27. The molecule has 0 saturated carbocycles. The average Bonchev–Trinajstić information content (AvgIpc) is 3.21. The summed E-state index contributed by atoms with van der Waals surface area (Å²) in [4.78, 5) is 16.5. The second-order valence-corrected chi connectivity index (χ2v) is 6.64. The minimum absolute atomic E-state index is 0.121. The van der Waals surface area contributed by atoms with Crippen LogP contribution in [0.3, 0.4) is 0 Å². The average molecular weight is 374 g/mol. The van der Waals surface area contributed by atoms with Crippen molar-refractivity contribution < 1.29 is 13.7 Å². The predicted octanol–water partition coefficient (Wildman–Crippen LogP) is 5.00. The van der Waals surface area contributed by atoms with E-state index in [1.807, 2.05) is 0 Å². The van der Waals surface area contributed by atoms with Crippen LogP contribution < -0.4 is 5.32 Å². The van der Waals surface area contributed by atoms with Crippen LogP contribution in [0.25, 0.3) is 21.5 Å². The molecule has 0 spiro atoms. The molecule has 0 bridgehead atoms. The standard InChI is InChI=1S/C17H9ClFN3O2S/c18-10-3-1-9(2-4-10)14-8-13(22-24-14)16(23)21-17-20-12-6-5-11(19)7-15(12)25-17/h1-8H,(H,20,21,23). The van der Waals surface area contributed by atoms with Gasteiger partial charge < -0.3 is 4.52 Å². The van der Waals surface area contributed by atoms with Crippen molar-refractivity contribution in [2.75, 3.05) is 5.32 Å². The molecule has 0 fully saturated rings. The quantitative estimate of drug-likeness (QED) is 0.549. The highest BCUT2D eigenvalue weighted by molar-refractivity contribution is 7.22. The molecule has 2 heterocycles. The molecule has 8 heteroatoms. The fraction of sp³-hybridized carbons (Fsp3) is 0. The number of fused-ring (bicyclic) bond motifs is 1. The molecule has 2 aromatic carbocycles. The minimum atomic E-state index is -0.455. The van der Waals surface area contributed by atoms with E-state index in [4.69, 9.17) is 16.1 Å². The topological polar surface area (TPSA) is 68.0 Å². The maximum Gasteiger partial charge on any atom is 0.279 e. The lowest BCUT2D eigenvalue weighted by molar-refractivity contribution is 0.101. The third-order valence-corrected chi connectivity index (χ3v) is 4.63. The first-order chi connectivity index (χ1) is 12.1. The zero-order valence-corrected chi connectivity index (χ0v) is 14.1. The van der Waals surface area contributed by atoms with Crippen molar-refractivity contribution in [2.24, 2.45) is 0 Å². The lowest BCUT2D eigenvalue weighted by atomic mass is 10.1. The second kappa shape index (κ2) is 6.27. The first-order valence-electron chi connectivity index (χ1n) is 7.18. The molecule has 4 rings (SSSR count). The Morgan fingerprint density at radius 2 is 1.96 bits per heavy atom. The van der Waals surface area contributed by atoms with Gasteiger partial charge in [-0.05, 0) is 42.5 Å². The third-order valence-electron chi connectivity index (χ3n) is 3.44. The molecule has 5 nitrogen and oxygen atoms in total. The highest BCUT2D eigenvalue weighted by atomic mass is 35.5. The van der Waals surface area contributed by atoms with E-state index in [9.17, 15) is 9.18 Å². The van der Waals surface area contributed by atoms with E-state index < -0.39 is 5.91 Å². The minimum Gasteiger partial charge on any atom is -0.355 e. The van der Waals surface area contributed by atoms with Crippen molar-refractivity contribution >= 4 is 44.2 Å². The largest absolute Gasteiger partial charge is 0.355 e. The van der Waals surface area contributed by atoms with Crippen molar-refractivity contribution in [3.05, 3.63) is 65.1 Å². The number of carbonyl (C=O) groups excluding carboxylic acids is 1. The first-order valence-corrected chi connectivity index (χ1v) is 8.38. The Labute approximate surface area is 150 Å². The summed E-state index contributed by atoms with van der Waals surface area (Å²) in [5.41, 5.74) is 1.49. The summed E-state index contributed by atoms with van der Waals surface area (Å²) < 4.78 is 19.1. The van der Waals surface area contributed by atoms with Gasteiger partial charge in [-0.25, -0.2) is 9.37 Å². The van der Waals surface area contributed by atoms with Crippen molar-refractivity contribution in [1.82, 2.24) is 10.1 Å². The Morgan fingerprint density at radius 1 is 1.16 bits per heavy atom. The molecule has 0 aliphatic rings. The SMILES string of the molecule is O=C(Nc1nc2ccc(F)cc2s1)c1cc(-c2ccc(Cl)cc2)on1. The molecule has 0 unspecified atom stereocenters. The molecule has 0 aliphatic heterocycles. The van der Waals surface area contributed by atoms with Crippen LogP contribution in [0.5, 0.6) is 0 Å². The first kappa shape index (κ1) is 15.7. The third kappa shape index (κ3) is 3.24. The van der Waals surface area contributed by atoms with E-state index in [2.05, 4.69) is 15.5 Å². The van der Waals surface area contributed by atoms with Crippen molar-refractivity contribution in [3.63, 3.8) is 0 Å². The number of amides is 1. The van der Waals surface area contributed by atoms with E-state index >= 15 is 0 Å². The number of nitrogens with zero attached hydrogens (tertiary/aromatic N) is 2. The highest BCUT2D eigenvalue weighted by Gasteiger charge is 2.16. The molecule has 1 N–H and O–H groups in total. The Morgan fingerprint density at radius 3 is 2.76 bits per heavy atom. The summed E-state index contributed by atoms with van der Waals surface area (Å²) in [6, 6.07) is 12.8. The number of thiazole rings is 1. The number of benzene rings is 2. The van der Waals surface area contributed by atoms with Crippen LogP contribution in [0.15, 0.2) is 53.1 Å². The second-order valence-electron chi connectivity index (χ2n) is 5.17. The van der Waals surface area contributed by atoms with Gasteiger partial charge in [0, 0.05) is 16.7 Å². The van der Waals surface area contributed by atoms with Crippen LogP contribution >= 0.6 is 22.9 Å². The lowest BCUT2D eigenvalue weighted by Crippen LogP contribution is -2.11. The summed E-state index contributed by atoms with van der Waals surface area (Å²) in [7, 11) is 0. The van der Waals surface area contributed by atoms with Crippen LogP contribution in [-0.4, -0.2) is 16.0 Å². The molecule has 0 radical (unpaired) electrons. The van der Waals surface area contributed by atoms with Gasteiger partial charge in [-0.15, -0.1) is 0 Å². The van der Waals surface area contributed by atoms with Gasteiger partial charge >= 0.3 is 0 Å². The summed E-state index contributed by atoms with van der Waals surface area (Å²) in [5.74, 6) is -0.352. The van der Waals surface area contributed by atoms with E-state index in [1.165, 1.54) is 29.5 Å². The number of halogens is 2. The maximum absolute atomic E-state index is 13.2. The van der Waals surface area contributed by atoms with Crippen molar-refractivity contribution in [2.45, 2.75) is 0 Å². The number of hydrogen-bond donors (Lipinski definition) is 1. The maximum atomic E-state index is 13.2. The predicted molar refractivity (Wildman–Crippen MR) is 94.5 cm³/mol. The Hall–Kier alpha value is -2.77. The molecule has 1 amide bonds. The fourth-order valence-electron chi connectivity index (χ4n) is 2.25. The van der Waals surface area contributed by atoms with E-state index in [1.54, 1.807) is 30.3 Å². The molecule has 0 aliphatic carbocycles. The van der Waals surface area contributed by atoms with Gasteiger partial charge in [-0.1, -0.05) is 28.1 Å². The number of rotatable bonds is 3. The van der Waals surface area contributed by atoms with Crippen molar-refractivity contribution in [3.8, 4) is 11.3 Å². The van der Waals surface area contributed by atoms with Crippen LogP contribution in [0.2, 0.25) is 5.02 Å². The van der Waals surface area contributed by atoms with E-state index in [0.717, 1.165) is 5.56 Å². The number of aromatic nitrogens is 2. The summed E-state index contributed by atoms with van der Waals surface area (Å²) in [6.07, 6.45) is 0. The summed E-state index contributed by atoms with van der Waals surface area (Å²) in [5, 5.41) is 7.39. The van der Waals surface area contributed by atoms with Gasteiger partial charge in [0.05, 0.1) is 10.2 Å². The molecule has 0 atom stereocenters. The monoisotopic (exact) mass is 373 g/mol. The van der Waals surface area contributed by atoms with Crippen LogP contribution in [-0.2, 0) is 0 Å². The Bertz CT molecular complexity index is 1080. The molecule has 4 aromatic rings. The van der Waals surface area contributed by atoms with Gasteiger partial charge in [-0.3, -0.25) is 10.1 Å². The van der Waals surface area contributed by atoms with Gasteiger partial charge in [0.1, 0.15) is 5.82 Å². The van der Waals surface area contributed by atoms with E-state index in [-0.39, 0.29) is 11.5 Å². The number of carbonyl (C=O) groups is 1. The van der Waals surface area contributed by atoms with Crippen molar-refractivity contribution in [1.29, 1.82) is 0 Å². The number of anilines is 1. The smallest absolute Gasteiger partial charge is 0.279 e. The lowest BCUT2D eigenvalue weighted by Gasteiger charge is -1.96. The normalized spacial score (nSPS) is 11.0. The van der Waals surface area contributed by atoms with Gasteiger partial charge in [0.2, 0.25) is 0 Å². The molecule has 0 saturated heterocycles. The Kier molecular flexibility index (Phi) is 3.95. The number of hydrogen-bond acceptors (Lipinski definition) is 5. The van der Waals surface area contributed by atoms with Gasteiger partial charge in [-0.2, -0.15) is 0 Å². The van der Waals surface area contributed by atoms with Crippen LogP contribution in [0.4, 0.5) is 9.52 Å². The fourth-order valence-corrected chi connectivity index (χ4v) is 3.26. The van der Waals surface area contributed by atoms with Gasteiger partial charge in [0.25, 0.3) is 5.91 Å². The van der Waals surface area contributed by atoms with E-state index in [0.29, 0.717) is 26.1 Å². The zero-order chi connectivity index (χ0) is 17.4.